The molecule has 0 spiro atoms. The molecule has 0 saturated carbocycles. The summed E-state index contributed by atoms with van der Waals surface area (Å²) in [4.78, 5) is 0. The zero-order valence-electron chi connectivity index (χ0n) is 9.64. The van der Waals surface area contributed by atoms with Gasteiger partial charge in [0.2, 0.25) is 0 Å². The van der Waals surface area contributed by atoms with Crippen LogP contribution in [0.2, 0.25) is 0 Å². The lowest BCUT2D eigenvalue weighted by Gasteiger charge is -2.33. The van der Waals surface area contributed by atoms with E-state index in [1.54, 1.807) is 0 Å². The Bertz CT molecular complexity index is 339. The molecule has 16 heavy (non-hydrogen) atoms. The fraction of sp³-hybridized carbons (Fsp3) is 0.429. The van der Waals surface area contributed by atoms with E-state index in [0.717, 1.165) is 38.8 Å². The second kappa shape index (κ2) is 5.28. The van der Waals surface area contributed by atoms with E-state index < -0.39 is 0 Å². The number of hydrogen-bond acceptors (Lipinski definition) is 1. The minimum absolute atomic E-state index is 0.102. The van der Waals surface area contributed by atoms with Crippen LogP contribution < -0.4 is 0 Å². The van der Waals surface area contributed by atoms with Gasteiger partial charge in [0.1, 0.15) is 0 Å². The van der Waals surface area contributed by atoms with Crippen LogP contribution in [-0.2, 0) is 6.42 Å². The van der Waals surface area contributed by atoms with Gasteiger partial charge in [-0.3, -0.25) is 0 Å². The monoisotopic (exact) mass is 217 g/mol. The van der Waals surface area contributed by atoms with Crippen LogP contribution in [0.15, 0.2) is 42.6 Å². The predicted octanol–water partition coefficient (Wildman–Crippen LogP) is 3.24. The molecule has 0 aromatic heterocycles. The van der Waals surface area contributed by atoms with E-state index in [-0.39, 0.29) is 4.65 Å². The van der Waals surface area contributed by atoms with Gasteiger partial charge in [-0.25, -0.2) is 0 Å². The number of rotatable bonds is 4. The summed E-state index contributed by atoms with van der Waals surface area (Å²) in [5.74, 6) is 0. The molecule has 1 aromatic rings. The number of aryl methyl sites for hydroxylation is 1. The van der Waals surface area contributed by atoms with Crippen molar-refractivity contribution >= 4 is 0 Å². The van der Waals surface area contributed by atoms with Crippen LogP contribution in [0.3, 0.4) is 0 Å². The SMILES string of the molecule is [O-][N+]1(/C=C/CCc2ccccc2)CCCC1. The van der Waals surface area contributed by atoms with Crippen LogP contribution in [-0.4, -0.2) is 17.7 Å². The van der Waals surface area contributed by atoms with Crippen LogP contribution >= 0.6 is 0 Å². The van der Waals surface area contributed by atoms with E-state index in [0.29, 0.717) is 0 Å². The van der Waals surface area contributed by atoms with Gasteiger partial charge in [0.15, 0.2) is 0 Å². The molecule has 1 aliphatic rings. The second-order valence-electron chi connectivity index (χ2n) is 4.52. The number of hydroxylamine groups is 3. The molecule has 0 unspecified atom stereocenters. The summed E-state index contributed by atoms with van der Waals surface area (Å²) in [7, 11) is 0. The Hall–Kier alpha value is -1.12. The Labute approximate surface area is 97.4 Å². The van der Waals surface area contributed by atoms with Crippen LogP contribution in [0, 0.1) is 5.21 Å². The number of benzene rings is 1. The molecule has 0 radical (unpaired) electrons. The molecule has 1 saturated heterocycles. The van der Waals surface area contributed by atoms with Gasteiger partial charge < -0.3 is 9.85 Å². The first-order chi connectivity index (χ1) is 7.79. The Morgan fingerprint density at radius 1 is 1.12 bits per heavy atom. The van der Waals surface area contributed by atoms with Crippen molar-refractivity contribution in [1.82, 2.24) is 0 Å². The van der Waals surface area contributed by atoms with Crippen molar-refractivity contribution in [2.24, 2.45) is 0 Å². The van der Waals surface area contributed by atoms with E-state index in [2.05, 4.69) is 24.3 Å². The number of hydrogen-bond donors (Lipinski definition) is 0. The first-order valence-electron chi connectivity index (χ1n) is 6.08. The highest BCUT2D eigenvalue weighted by Crippen LogP contribution is 2.18. The van der Waals surface area contributed by atoms with Gasteiger partial charge in [-0.15, -0.1) is 0 Å². The van der Waals surface area contributed by atoms with Crippen molar-refractivity contribution in [2.45, 2.75) is 25.7 Å². The van der Waals surface area contributed by atoms with Crippen molar-refractivity contribution in [1.29, 1.82) is 0 Å². The number of quaternary nitrogens is 1. The molecule has 2 heteroatoms. The van der Waals surface area contributed by atoms with Gasteiger partial charge in [0.05, 0.1) is 19.3 Å². The number of likely N-dealkylation sites (tertiary alicyclic amines) is 1. The number of nitrogens with zero attached hydrogens (tertiary/aromatic N) is 1. The molecular weight excluding hydrogens is 198 g/mol. The van der Waals surface area contributed by atoms with E-state index in [1.807, 2.05) is 18.3 Å². The maximum atomic E-state index is 12.0. The van der Waals surface area contributed by atoms with Crippen molar-refractivity contribution in [3.63, 3.8) is 0 Å². The molecule has 1 aromatic carbocycles. The molecule has 1 aliphatic heterocycles. The summed E-state index contributed by atoms with van der Waals surface area (Å²) >= 11 is 0. The largest absolute Gasteiger partial charge is 0.628 e. The predicted molar refractivity (Wildman–Crippen MR) is 66.5 cm³/mol. The Kier molecular flexibility index (Phi) is 3.75. The fourth-order valence-electron chi connectivity index (χ4n) is 2.18. The molecular formula is C14H19NO. The van der Waals surface area contributed by atoms with Crippen LogP contribution in [0.1, 0.15) is 24.8 Å². The summed E-state index contributed by atoms with van der Waals surface area (Å²) in [6, 6.07) is 10.4. The zero-order chi connectivity index (χ0) is 11.3. The standard InChI is InChI=1S/C14H19NO/c16-15(12-6-7-13-15)11-5-4-10-14-8-2-1-3-9-14/h1-3,5,8-9,11H,4,6-7,10,12-13H2/b11-5+. The molecule has 0 atom stereocenters. The highest BCUT2D eigenvalue weighted by Gasteiger charge is 2.19. The lowest BCUT2D eigenvalue weighted by atomic mass is 10.1. The van der Waals surface area contributed by atoms with Crippen LogP contribution in [0.5, 0.6) is 0 Å². The van der Waals surface area contributed by atoms with E-state index in [1.165, 1.54) is 5.56 Å². The summed E-state index contributed by atoms with van der Waals surface area (Å²) in [6.45, 7) is 1.53. The van der Waals surface area contributed by atoms with Crippen LogP contribution in [0.4, 0.5) is 0 Å². The second-order valence-corrected chi connectivity index (χ2v) is 4.52. The summed E-state index contributed by atoms with van der Waals surface area (Å²) in [5, 5.41) is 12.0. The van der Waals surface area contributed by atoms with E-state index >= 15 is 0 Å². The van der Waals surface area contributed by atoms with Gasteiger partial charge in [0, 0.05) is 12.8 Å². The van der Waals surface area contributed by atoms with Gasteiger partial charge in [-0.2, -0.15) is 0 Å². The molecule has 1 heterocycles. The molecule has 86 valence electrons. The minimum atomic E-state index is -0.102. The maximum absolute atomic E-state index is 12.0. The lowest BCUT2D eigenvalue weighted by molar-refractivity contribution is -0.815. The van der Waals surface area contributed by atoms with Crippen molar-refractivity contribution in [3.05, 3.63) is 53.4 Å². The van der Waals surface area contributed by atoms with Crippen LogP contribution in [0.25, 0.3) is 0 Å². The number of allylic oxidation sites excluding steroid dienone is 1. The van der Waals surface area contributed by atoms with E-state index in [4.69, 9.17) is 0 Å². The summed E-state index contributed by atoms with van der Waals surface area (Å²) in [5.41, 5.74) is 1.34. The third-order valence-electron chi connectivity index (χ3n) is 3.14. The Morgan fingerprint density at radius 3 is 2.50 bits per heavy atom. The first kappa shape index (κ1) is 11.4. The van der Waals surface area contributed by atoms with Crippen molar-refractivity contribution < 1.29 is 4.65 Å². The van der Waals surface area contributed by atoms with Crippen molar-refractivity contribution in [3.8, 4) is 0 Å². The molecule has 1 fully saturated rings. The van der Waals surface area contributed by atoms with Gasteiger partial charge in [-0.05, 0) is 24.5 Å². The minimum Gasteiger partial charge on any atom is -0.628 e. The lowest BCUT2D eigenvalue weighted by Crippen LogP contribution is -2.31. The van der Waals surface area contributed by atoms with E-state index in [9.17, 15) is 5.21 Å². The smallest absolute Gasteiger partial charge is 0.0918 e. The third kappa shape index (κ3) is 3.19. The summed E-state index contributed by atoms with van der Waals surface area (Å²) in [6.07, 6.45) is 8.03. The molecule has 2 rings (SSSR count). The molecule has 0 N–H and O–H groups in total. The third-order valence-corrected chi connectivity index (χ3v) is 3.14. The Morgan fingerprint density at radius 2 is 1.81 bits per heavy atom. The fourth-order valence-corrected chi connectivity index (χ4v) is 2.18. The van der Waals surface area contributed by atoms with Crippen molar-refractivity contribution in [2.75, 3.05) is 13.1 Å². The molecule has 2 nitrogen and oxygen atoms in total. The molecule has 0 aliphatic carbocycles. The molecule has 0 bridgehead atoms. The van der Waals surface area contributed by atoms with Gasteiger partial charge >= 0.3 is 0 Å². The van der Waals surface area contributed by atoms with Gasteiger partial charge in [-0.1, -0.05) is 30.3 Å². The van der Waals surface area contributed by atoms with Gasteiger partial charge in [0.25, 0.3) is 0 Å². The Balaban J connectivity index is 1.77. The maximum Gasteiger partial charge on any atom is 0.0918 e. The zero-order valence-corrected chi connectivity index (χ0v) is 9.64. The highest BCUT2D eigenvalue weighted by molar-refractivity contribution is 5.15. The average Bonchev–Trinajstić information content (AvgIpc) is 2.74. The normalized spacial score (nSPS) is 19.3. The average molecular weight is 217 g/mol. The quantitative estimate of drug-likeness (QED) is 0.561. The summed E-state index contributed by atoms with van der Waals surface area (Å²) < 4.78 is -0.102. The first-order valence-corrected chi connectivity index (χ1v) is 6.08. The highest BCUT2D eigenvalue weighted by atomic mass is 16.5. The molecule has 0 amide bonds. The topological polar surface area (TPSA) is 23.1 Å².